The maximum Gasteiger partial charge on any atom is 0.167 e. The molecule has 0 amide bonds. The Morgan fingerprint density at radius 2 is 1.92 bits per heavy atom. The first-order chi connectivity index (χ1) is 12.6. The van der Waals surface area contributed by atoms with Crippen molar-refractivity contribution in [1.82, 2.24) is 9.88 Å². The number of nitrogens with zero attached hydrogens (tertiary/aromatic N) is 2. The molecule has 1 N–H and O–H groups in total. The Hall–Kier alpha value is -1.86. The number of halogens is 2. The molecule has 4 rings (SSSR count). The number of benzene rings is 1. The highest BCUT2D eigenvalue weighted by Gasteiger charge is 2.41. The van der Waals surface area contributed by atoms with E-state index in [1.54, 1.807) is 17.8 Å². The van der Waals surface area contributed by atoms with Crippen molar-refractivity contribution in [1.29, 1.82) is 0 Å². The van der Waals surface area contributed by atoms with Crippen molar-refractivity contribution in [2.75, 3.05) is 19.0 Å². The first-order valence-corrected chi connectivity index (χ1v) is 9.67. The summed E-state index contributed by atoms with van der Waals surface area (Å²) in [6.07, 6.45) is 3.26. The third-order valence-electron chi connectivity index (χ3n) is 5.09. The van der Waals surface area contributed by atoms with Crippen molar-refractivity contribution in [3.63, 3.8) is 0 Å². The van der Waals surface area contributed by atoms with Gasteiger partial charge in [-0.05, 0) is 48.9 Å². The van der Waals surface area contributed by atoms with Crippen molar-refractivity contribution < 1.29 is 18.6 Å². The molecule has 2 fully saturated rings. The summed E-state index contributed by atoms with van der Waals surface area (Å²) in [5.74, 6) is 1.06. The Labute approximate surface area is 155 Å². The second-order valence-corrected chi connectivity index (χ2v) is 7.94. The third-order valence-corrected chi connectivity index (χ3v) is 6.12. The normalized spacial score (nSPS) is 25.4. The van der Waals surface area contributed by atoms with Crippen LogP contribution in [0.25, 0.3) is 0 Å². The van der Waals surface area contributed by atoms with E-state index in [-0.39, 0.29) is 17.6 Å². The van der Waals surface area contributed by atoms with Gasteiger partial charge in [0.2, 0.25) is 0 Å². The molecule has 0 radical (unpaired) electrons. The lowest BCUT2D eigenvalue weighted by molar-refractivity contribution is 0.181. The van der Waals surface area contributed by atoms with E-state index < -0.39 is 11.6 Å². The zero-order chi connectivity index (χ0) is 18.1. The smallest absolute Gasteiger partial charge is 0.167 e. The molecule has 26 heavy (non-hydrogen) atoms. The number of pyridine rings is 1. The SMILES string of the molecule is Oc1ccc(SCN2C[C@H]3C[C@H](Oc4ccc(F)cc4F)C[C@H]3C2)nc1. The van der Waals surface area contributed by atoms with Crippen LogP contribution in [0.2, 0.25) is 0 Å². The summed E-state index contributed by atoms with van der Waals surface area (Å²) in [6.45, 7) is 2.00. The summed E-state index contributed by atoms with van der Waals surface area (Å²) in [7, 11) is 0. The lowest BCUT2D eigenvalue weighted by atomic mass is 10.0. The van der Waals surface area contributed by atoms with Crippen LogP contribution in [0.15, 0.2) is 41.6 Å². The number of likely N-dealkylation sites (tertiary alicyclic amines) is 1. The fourth-order valence-electron chi connectivity index (χ4n) is 3.91. The molecule has 7 heteroatoms. The van der Waals surface area contributed by atoms with Gasteiger partial charge in [0, 0.05) is 19.2 Å². The summed E-state index contributed by atoms with van der Waals surface area (Å²) in [5.41, 5.74) is 0. The van der Waals surface area contributed by atoms with Gasteiger partial charge >= 0.3 is 0 Å². The Morgan fingerprint density at radius 3 is 2.58 bits per heavy atom. The van der Waals surface area contributed by atoms with E-state index in [0.717, 1.165) is 42.9 Å². The molecule has 1 saturated carbocycles. The Kier molecular flexibility index (Phi) is 5.00. The van der Waals surface area contributed by atoms with Crippen LogP contribution in [0.4, 0.5) is 8.78 Å². The van der Waals surface area contributed by atoms with Gasteiger partial charge in [0.1, 0.15) is 11.6 Å². The minimum atomic E-state index is -0.638. The molecule has 2 heterocycles. The number of ether oxygens (including phenoxy) is 1. The van der Waals surface area contributed by atoms with Crippen LogP contribution in [0, 0.1) is 23.5 Å². The van der Waals surface area contributed by atoms with E-state index in [2.05, 4.69) is 9.88 Å². The van der Waals surface area contributed by atoms with E-state index in [9.17, 15) is 13.9 Å². The first-order valence-electron chi connectivity index (χ1n) is 8.68. The third kappa shape index (κ3) is 3.94. The van der Waals surface area contributed by atoms with Crippen LogP contribution in [0.5, 0.6) is 11.5 Å². The van der Waals surface area contributed by atoms with Gasteiger partial charge in [0.25, 0.3) is 0 Å². The van der Waals surface area contributed by atoms with E-state index in [0.29, 0.717) is 11.8 Å². The number of fused-ring (bicyclic) bond motifs is 1. The number of thioether (sulfide) groups is 1. The van der Waals surface area contributed by atoms with Gasteiger partial charge in [0.15, 0.2) is 11.6 Å². The molecular weight excluding hydrogens is 358 g/mol. The topological polar surface area (TPSA) is 45.6 Å². The number of aromatic hydroxyl groups is 1. The second kappa shape index (κ2) is 7.40. The fraction of sp³-hybridized carbons (Fsp3) is 0.421. The highest BCUT2D eigenvalue weighted by molar-refractivity contribution is 7.99. The molecule has 1 aromatic heterocycles. The minimum Gasteiger partial charge on any atom is -0.506 e. The van der Waals surface area contributed by atoms with Crippen molar-refractivity contribution in [2.24, 2.45) is 11.8 Å². The van der Waals surface area contributed by atoms with Crippen molar-refractivity contribution in [3.05, 3.63) is 48.2 Å². The molecule has 1 saturated heterocycles. The van der Waals surface area contributed by atoms with E-state index >= 15 is 0 Å². The molecular formula is C19H20F2N2O2S. The van der Waals surface area contributed by atoms with Crippen LogP contribution < -0.4 is 4.74 Å². The highest BCUT2D eigenvalue weighted by atomic mass is 32.2. The molecule has 0 bridgehead atoms. The Balaban J connectivity index is 1.26. The fourth-order valence-corrected chi connectivity index (χ4v) is 4.73. The van der Waals surface area contributed by atoms with Gasteiger partial charge in [0.05, 0.1) is 23.2 Å². The van der Waals surface area contributed by atoms with Crippen molar-refractivity contribution >= 4 is 11.8 Å². The van der Waals surface area contributed by atoms with Gasteiger partial charge in [-0.2, -0.15) is 0 Å². The van der Waals surface area contributed by atoms with Gasteiger partial charge in [-0.15, -0.1) is 0 Å². The standard InChI is InChI=1S/C19H20F2N2O2S/c20-14-1-3-18(17(21)7-14)25-16-5-12-9-23(10-13(12)6-16)11-26-19-4-2-15(24)8-22-19/h1-4,7-8,12-13,16,24H,5-6,9-11H2/t12-,13+,16+. The van der Waals surface area contributed by atoms with E-state index in [1.807, 2.05) is 6.07 Å². The van der Waals surface area contributed by atoms with Gasteiger partial charge in [-0.25, -0.2) is 13.8 Å². The molecule has 0 unspecified atom stereocenters. The number of aromatic nitrogens is 1. The van der Waals surface area contributed by atoms with Crippen molar-refractivity contribution in [2.45, 2.75) is 24.0 Å². The predicted molar refractivity (Wildman–Crippen MR) is 95.2 cm³/mol. The average Bonchev–Trinajstić information content (AvgIpc) is 3.15. The maximum absolute atomic E-state index is 13.7. The molecule has 1 aliphatic carbocycles. The van der Waals surface area contributed by atoms with Crippen molar-refractivity contribution in [3.8, 4) is 11.5 Å². The van der Waals surface area contributed by atoms with Gasteiger partial charge < -0.3 is 9.84 Å². The summed E-state index contributed by atoms with van der Waals surface area (Å²) >= 11 is 1.66. The summed E-state index contributed by atoms with van der Waals surface area (Å²) in [4.78, 5) is 6.59. The number of hydrogen-bond donors (Lipinski definition) is 1. The maximum atomic E-state index is 13.7. The lowest BCUT2D eigenvalue weighted by Crippen LogP contribution is -2.24. The van der Waals surface area contributed by atoms with Crippen LogP contribution in [-0.4, -0.2) is 40.1 Å². The second-order valence-electron chi connectivity index (χ2n) is 6.97. The van der Waals surface area contributed by atoms with E-state index in [1.165, 1.54) is 18.3 Å². The Morgan fingerprint density at radius 1 is 1.15 bits per heavy atom. The van der Waals surface area contributed by atoms with Gasteiger partial charge in [-0.1, -0.05) is 11.8 Å². The average molecular weight is 378 g/mol. The molecule has 2 aliphatic rings. The monoisotopic (exact) mass is 378 g/mol. The summed E-state index contributed by atoms with van der Waals surface area (Å²) in [5, 5.41) is 10.2. The predicted octanol–water partition coefficient (Wildman–Crippen LogP) is 3.90. The van der Waals surface area contributed by atoms with Crippen LogP contribution >= 0.6 is 11.8 Å². The molecule has 3 atom stereocenters. The van der Waals surface area contributed by atoms with Gasteiger partial charge in [-0.3, -0.25) is 4.90 Å². The summed E-state index contributed by atoms with van der Waals surface area (Å²) < 4.78 is 32.5. The molecule has 138 valence electrons. The zero-order valence-corrected chi connectivity index (χ0v) is 15.0. The van der Waals surface area contributed by atoms with Crippen LogP contribution in [0.1, 0.15) is 12.8 Å². The molecule has 2 aromatic rings. The number of rotatable bonds is 5. The molecule has 0 spiro atoms. The molecule has 4 nitrogen and oxygen atoms in total. The molecule has 1 aliphatic heterocycles. The minimum absolute atomic E-state index is 0.00136. The molecule has 1 aromatic carbocycles. The van der Waals surface area contributed by atoms with Crippen LogP contribution in [0.3, 0.4) is 0 Å². The van der Waals surface area contributed by atoms with Crippen LogP contribution in [-0.2, 0) is 0 Å². The Bertz CT molecular complexity index is 761. The first kappa shape index (κ1) is 17.5. The number of hydrogen-bond acceptors (Lipinski definition) is 5. The van der Waals surface area contributed by atoms with E-state index in [4.69, 9.17) is 4.74 Å². The summed E-state index contributed by atoms with van der Waals surface area (Å²) in [6, 6.07) is 6.92. The quantitative estimate of drug-likeness (QED) is 0.800. The largest absolute Gasteiger partial charge is 0.506 e. The lowest BCUT2D eigenvalue weighted by Gasteiger charge is -2.19. The highest BCUT2D eigenvalue weighted by Crippen LogP contribution is 2.40. The zero-order valence-electron chi connectivity index (χ0n) is 14.1.